The van der Waals surface area contributed by atoms with E-state index in [-0.39, 0.29) is 30.8 Å². The lowest BCUT2D eigenvalue weighted by atomic mass is 10.1. The number of hydrogen-bond acceptors (Lipinski definition) is 3. The molecule has 0 bridgehead atoms. The maximum atomic E-state index is 12.5. The summed E-state index contributed by atoms with van der Waals surface area (Å²) < 4.78 is 0. The third-order valence-electron chi connectivity index (χ3n) is 4.53. The molecule has 1 fully saturated rings. The quantitative estimate of drug-likeness (QED) is 0.881. The van der Waals surface area contributed by atoms with Gasteiger partial charge in [0.25, 0.3) is 0 Å². The molecular formula is C20H22N2O3. The Balaban J connectivity index is 1.67. The van der Waals surface area contributed by atoms with E-state index in [1.165, 1.54) is 5.56 Å². The van der Waals surface area contributed by atoms with Gasteiger partial charge in [-0.1, -0.05) is 31.2 Å². The number of anilines is 2. The van der Waals surface area contributed by atoms with Crippen molar-refractivity contribution in [2.75, 3.05) is 16.8 Å². The van der Waals surface area contributed by atoms with Gasteiger partial charge in [0.1, 0.15) is 0 Å². The molecule has 130 valence electrons. The molecule has 1 unspecified atom stereocenters. The van der Waals surface area contributed by atoms with Crippen LogP contribution in [0, 0.1) is 5.92 Å². The van der Waals surface area contributed by atoms with Gasteiger partial charge in [0.2, 0.25) is 11.8 Å². The molecule has 25 heavy (non-hydrogen) atoms. The van der Waals surface area contributed by atoms with E-state index in [4.69, 9.17) is 0 Å². The Kier molecular flexibility index (Phi) is 5.14. The van der Waals surface area contributed by atoms with Crippen LogP contribution in [-0.4, -0.2) is 23.5 Å². The molecule has 1 atom stereocenters. The SMILES string of the molecule is CCc1ccc(N2CC(C(=O)Nc3cccc(CO)c3)CC2=O)cc1. The average molecular weight is 338 g/mol. The molecule has 0 radical (unpaired) electrons. The molecule has 1 heterocycles. The number of carbonyl (C=O) groups excluding carboxylic acids is 2. The number of benzene rings is 2. The van der Waals surface area contributed by atoms with E-state index < -0.39 is 0 Å². The molecule has 2 N–H and O–H groups in total. The van der Waals surface area contributed by atoms with Crippen molar-refractivity contribution in [2.24, 2.45) is 5.92 Å². The topological polar surface area (TPSA) is 69.6 Å². The van der Waals surface area contributed by atoms with Crippen molar-refractivity contribution in [1.29, 1.82) is 0 Å². The fourth-order valence-electron chi connectivity index (χ4n) is 3.04. The van der Waals surface area contributed by atoms with Crippen LogP contribution in [0.5, 0.6) is 0 Å². The molecule has 0 saturated carbocycles. The van der Waals surface area contributed by atoms with Crippen molar-refractivity contribution in [2.45, 2.75) is 26.4 Å². The summed E-state index contributed by atoms with van der Waals surface area (Å²) in [6.45, 7) is 2.39. The van der Waals surface area contributed by atoms with E-state index in [2.05, 4.69) is 12.2 Å². The zero-order chi connectivity index (χ0) is 17.8. The number of nitrogens with zero attached hydrogens (tertiary/aromatic N) is 1. The maximum Gasteiger partial charge on any atom is 0.229 e. The molecule has 2 aromatic carbocycles. The molecule has 1 aliphatic rings. The van der Waals surface area contributed by atoms with Crippen molar-refractivity contribution in [3.05, 3.63) is 59.7 Å². The molecule has 1 aliphatic heterocycles. The second-order valence-electron chi connectivity index (χ2n) is 6.27. The summed E-state index contributed by atoms with van der Waals surface area (Å²) in [7, 11) is 0. The van der Waals surface area contributed by atoms with Gasteiger partial charge in [-0.2, -0.15) is 0 Å². The number of amides is 2. The first-order chi connectivity index (χ1) is 12.1. The summed E-state index contributed by atoms with van der Waals surface area (Å²) in [5.41, 5.74) is 3.42. The van der Waals surface area contributed by atoms with Crippen LogP contribution in [0.25, 0.3) is 0 Å². The normalized spacial score (nSPS) is 17.0. The van der Waals surface area contributed by atoms with E-state index in [0.717, 1.165) is 17.7 Å². The number of carbonyl (C=O) groups is 2. The first-order valence-corrected chi connectivity index (χ1v) is 8.50. The van der Waals surface area contributed by atoms with Crippen LogP contribution in [0.2, 0.25) is 0 Å². The summed E-state index contributed by atoms with van der Waals surface area (Å²) in [5, 5.41) is 12.0. The number of hydrogen-bond donors (Lipinski definition) is 2. The highest BCUT2D eigenvalue weighted by Gasteiger charge is 2.35. The van der Waals surface area contributed by atoms with Crippen molar-refractivity contribution in [1.82, 2.24) is 0 Å². The molecule has 3 rings (SSSR count). The lowest BCUT2D eigenvalue weighted by molar-refractivity contribution is -0.122. The highest BCUT2D eigenvalue weighted by molar-refractivity contribution is 6.03. The first-order valence-electron chi connectivity index (χ1n) is 8.50. The maximum absolute atomic E-state index is 12.5. The van der Waals surface area contributed by atoms with Gasteiger partial charge in [-0.3, -0.25) is 9.59 Å². The fraction of sp³-hybridized carbons (Fsp3) is 0.300. The van der Waals surface area contributed by atoms with Gasteiger partial charge in [-0.05, 0) is 41.8 Å². The van der Waals surface area contributed by atoms with Crippen LogP contribution in [0.3, 0.4) is 0 Å². The van der Waals surface area contributed by atoms with Gasteiger partial charge >= 0.3 is 0 Å². The first kappa shape index (κ1) is 17.2. The van der Waals surface area contributed by atoms with Crippen LogP contribution in [0.1, 0.15) is 24.5 Å². The summed E-state index contributed by atoms with van der Waals surface area (Å²) in [6.07, 6.45) is 1.16. The van der Waals surface area contributed by atoms with E-state index in [9.17, 15) is 14.7 Å². The summed E-state index contributed by atoms with van der Waals surface area (Å²) >= 11 is 0. The van der Waals surface area contributed by atoms with Gasteiger partial charge < -0.3 is 15.3 Å². The Hall–Kier alpha value is -2.66. The van der Waals surface area contributed by atoms with Crippen LogP contribution in [-0.2, 0) is 22.6 Å². The van der Waals surface area contributed by atoms with Crippen LogP contribution < -0.4 is 10.2 Å². The number of rotatable bonds is 5. The molecule has 1 saturated heterocycles. The molecule has 5 nitrogen and oxygen atoms in total. The monoisotopic (exact) mass is 338 g/mol. The lowest BCUT2D eigenvalue weighted by Crippen LogP contribution is -2.28. The average Bonchev–Trinajstić information content (AvgIpc) is 3.04. The Morgan fingerprint density at radius 1 is 1.20 bits per heavy atom. The van der Waals surface area contributed by atoms with Crippen molar-refractivity contribution < 1.29 is 14.7 Å². The van der Waals surface area contributed by atoms with Crippen molar-refractivity contribution in [3.8, 4) is 0 Å². The standard InChI is InChI=1S/C20H22N2O3/c1-2-14-6-8-18(9-7-14)22-12-16(11-19(22)24)20(25)21-17-5-3-4-15(10-17)13-23/h3-10,16,23H,2,11-13H2,1H3,(H,21,25). The van der Waals surface area contributed by atoms with Gasteiger partial charge in [0.05, 0.1) is 12.5 Å². The third-order valence-corrected chi connectivity index (χ3v) is 4.53. The van der Waals surface area contributed by atoms with E-state index in [0.29, 0.717) is 12.2 Å². The Morgan fingerprint density at radius 2 is 1.96 bits per heavy atom. The molecule has 0 spiro atoms. The molecule has 0 aliphatic carbocycles. The van der Waals surface area contributed by atoms with E-state index in [1.807, 2.05) is 24.3 Å². The molecule has 2 amide bonds. The summed E-state index contributed by atoms with van der Waals surface area (Å²) in [6, 6.07) is 15.0. The highest BCUT2D eigenvalue weighted by Crippen LogP contribution is 2.26. The van der Waals surface area contributed by atoms with Crippen LogP contribution in [0.15, 0.2) is 48.5 Å². The predicted molar refractivity (Wildman–Crippen MR) is 97.3 cm³/mol. The number of aliphatic hydroxyl groups is 1. The van der Waals surface area contributed by atoms with Gasteiger partial charge in [-0.15, -0.1) is 0 Å². The van der Waals surface area contributed by atoms with Crippen molar-refractivity contribution >= 4 is 23.2 Å². The lowest BCUT2D eigenvalue weighted by Gasteiger charge is -2.17. The second-order valence-corrected chi connectivity index (χ2v) is 6.27. The smallest absolute Gasteiger partial charge is 0.229 e. The zero-order valence-corrected chi connectivity index (χ0v) is 14.2. The van der Waals surface area contributed by atoms with Gasteiger partial charge in [-0.25, -0.2) is 0 Å². The van der Waals surface area contributed by atoms with Gasteiger partial charge in [0.15, 0.2) is 0 Å². The minimum absolute atomic E-state index is 0.0338. The largest absolute Gasteiger partial charge is 0.392 e. The molecule has 0 aromatic heterocycles. The Morgan fingerprint density at radius 3 is 2.64 bits per heavy atom. The fourth-order valence-corrected chi connectivity index (χ4v) is 3.04. The summed E-state index contributed by atoms with van der Waals surface area (Å²) in [4.78, 5) is 26.5. The van der Waals surface area contributed by atoms with E-state index in [1.54, 1.807) is 29.2 Å². The molecule has 5 heteroatoms. The molecular weight excluding hydrogens is 316 g/mol. The minimum atomic E-state index is -0.379. The zero-order valence-electron chi connectivity index (χ0n) is 14.2. The Bertz CT molecular complexity index is 771. The third kappa shape index (κ3) is 3.88. The summed E-state index contributed by atoms with van der Waals surface area (Å²) in [5.74, 6) is -0.583. The Labute approximate surface area is 147 Å². The van der Waals surface area contributed by atoms with Crippen LogP contribution >= 0.6 is 0 Å². The van der Waals surface area contributed by atoms with Gasteiger partial charge in [0, 0.05) is 24.3 Å². The van der Waals surface area contributed by atoms with E-state index >= 15 is 0 Å². The number of aryl methyl sites for hydroxylation is 1. The highest BCUT2D eigenvalue weighted by atomic mass is 16.3. The molecule has 2 aromatic rings. The predicted octanol–water partition coefficient (Wildman–Crippen LogP) is 2.73. The second kappa shape index (κ2) is 7.49. The number of aliphatic hydroxyl groups excluding tert-OH is 1. The number of nitrogens with one attached hydrogen (secondary N) is 1. The van der Waals surface area contributed by atoms with Crippen molar-refractivity contribution in [3.63, 3.8) is 0 Å². The van der Waals surface area contributed by atoms with Crippen LogP contribution in [0.4, 0.5) is 11.4 Å². The minimum Gasteiger partial charge on any atom is -0.392 e.